The Hall–Kier alpha value is -3.93. The van der Waals surface area contributed by atoms with Crippen molar-refractivity contribution in [3.63, 3.8) is 0 Å². The largest absolute Gasteiger partial charge is 0.495 e. The summed E-state index contributed by atoms with van der Waals surface area (Å²) in [6.45, 7) is 5.90. The summed E-state index contributed by atoms with van der Waals surface area (Å²) in [5.74, 6) is 0.325. The molecule has 0 aliphatic heterocycles. The van der Waals surface area contributed by atoms with Crippen molar-refractivity contribution in [2.24, 2.45) is 0 Å². The smallest absolute Gasteiger partial charge is 0.247 e. The number of carbonyl (C=O) groups excluding carboxylic acids is 2. The van der Waals surface area contributed by atoms with E-state index in [2.05, 4.69) is 27.2 Å². The zero-order valence-electron chi connectivity index (χ0n) is 22.2. The Kier molecular flexibility index (Phi) is 11.9. The van der Waals surface area contributed by atoms with Gasteiger partial charge in [0.15, 0.2) is 5.82 Å². The maximum atomic E-state index is 11.9. The first kappa shape index (κ1) is 31.3. The van der Waals surface area contributed by atoms with Crippen molar-refractivity contribution in [2.45, 2.75) is 6.92 Å². The molecule has 39 heavy (non-hydrogen) atoms. The number of hydrogen-bond acceptors (Lipinski definition) is 9. The Morgan fingerprint density at radius 1 is 1.21 bits per heavy atom. The van der Waals surface area contributed by atoms with E-state index in [0.29, 0.717) is 59.3 Å². The first-order chi connectivity index (χ1) is 18.7. The van der Waals surface area contributed by atoms with Gasteiger partial charge in [-0.25, -0.2) is 9.97 Å². The second-order valence-electron chi connectivity index (χ2n) is 7.81. The van der Waals surface area contributed by atoms with Gasteiger partial charge in [-0.05, 0) is 19.1 Å². The fourth-order valence-electron chi connectivity index (χ4n) is 3.33. The Labute approximate surface area is 237 Å². The molecule has 0 saturated heterocycles. The molecule has 13 heteroatoms. The van der Waals surface area contributed by atoms with Gasteiger partial charge in [-0.1, -0.05) is 29.8 Å². The number of aryl methyl sites for hydroxylation is 1. The van der Waals surface area contributed by atoms with Crippen molar-refractivity contribution in [2.75, 3.05) is 41.5 Å². The fraction of sp³-hybridized carbons (Fsp3) is 0.269. The third kappa shape index (κ3) is 7.56. The van der Waals surface area contributed by atoms with E-state index in [0.717, 1.165) is 12.3 Å². The predicted octanol–water partition coefficient (Wildman–Crippen LogP) is 3.55. The lowest BCUT2D eigenvalue weighted by Gasteiger charge is -2.21. The van der Waals surface area contributed by atoms with Crippen LogP contribution in [0.1, 0.15) is 22.6 Å². The fourth-order valence-corrected chi connectivity index (χ4v) is 4.03. The minimum absolute atomic E-state index is 0.141. The highest BCUT2D eigenvalue weighted by atomic mass is 35.5. The van der Waals surface area contributed by atoms with E-state index in [1.54, 1.807) is 33.2 Å². The number of aromatic nitrogens is 2. The van der Waals surface area contributed by atoms with Crippen molar-refractivity contribution in [1.82, 2.24) is 25.5 Å². The Bertz CT molecular complexity index is 1280. The summed E-state index contributed by atoms with van der Waals surface area (Å²) in [4.78, 5) is 34.1. The van der Waals surface area contributed by atoms with Crippen LogP contribution >= 0.6 is 23.2 Å². The van der Waals surface area contributed by atoms with Gasteiger partial charge < -0.3 is 35.2 Å². The molecule has 0 radical (unpaired) electrons. The van der Waals surface area contributed by atoms with Gasteiger partial charge in [-0.2, -0.15) is 0 Å². The number of amides is 2. The molecular formula is C26H30Cl2N6O5. The zero-order valence-corrected chi connectivity index (χ0v) is 23.7. The standard InChI is InChI=1S/C26H30Cl2N6O5/c1-7-21(36)33-17(12-29)25(30-8-9-37-4)26-31-13-16(15(2)32-26)10-18(34(3)14-35)22-23(27)19(38-5)11-20(39-6)24(22)28/h7,10-14,29-30H,1,8-9H2,2-6H3,(H,33,36)/b18-10-,25-17+,29-12?. The van der Waals surface area contributed by atoms with Gasteiger partial charge in [0, 0.05) is 56.0 Å². The number of ether oxygens (including phenoxy) is 3. The van der Waals surface area contributed by atoms with Gasteiger partial charge in [-0.3, -0.25) is 9.59 Å². The molecule has 11 nitrogen and oxygen atoms in total. The monoisotopic (exact) mass is 576 g/mol. The van der Waals surface area contributed by atoms with Gasteiger partial charge in [0.25, 0.3) is 0 Å². The third-order valence-electron chi connectivity index (χ3n) is 5.37. The average molecular weight is 577 g/mol. The normalized spacial score (nSPS) is 11.7. The lowest BCUT2D eigenvalue weighted by molar-refractivity contribution is -0.116. The zero-order chi connectivity index (χ0) is 29.1. The number of nitrogens with zero attached hydrogens (tertiary/aromatic N) is 3. The summed E-state index contributed by atoms with van der Waals surface area (Å²) < 4.78 is 15.8. The molecule has 0 aliphatic rings. The molecule has 2 rings (SSSR count). The molecule has 0 aliphatic carbocycles. The minimum atomic E-state index is -0.500. The highest BCUT2D eigenvalue weighted by molar-refractivity contribution is 6.39. The second-order valence-corrected chi connectivity index (χ2v) is 8.57. The number of allylic oxidation sites excluding steroid dienone is 1. The van der Waals surface area contributed by atoms with Crippen LogP contribution in [0.3, 0.4) is 0 Å². The predicted molar refractivity (Wildman–Crippen MR) is 152 cm³/mol. The molecule has 1 aromatic carbocycles. The van der Waals surface area contributed by atoms with Crippen LogP contribution in [-0.2, 0) is 14.3 Å². The van der Waals surface area contributed by atoms with Crippen LogP contribution in [0.4, 0.5) is 0 Å². The van der Waals surface area contributed by atoms with Crippen LogP contribution in [-0.4, -0.2) is 74.9 Å². The van der Waals surface area contributed by atoms with Gasteiger partial charge in [0.2, 0.25) is 12.3 Å². The number of benzene rings is 1. The van der Waals surface area contributed by atoms with E-state index in [1.165, 1.54) is 25.3 Å². The van der Waals surface area contributed by atoms with Crippen LogP contribution in [0.15, 0.2) is 30.6 Å². The van der Waals surface area contributed by atoms with E-state index < -0.39 is 5.91 Å². The van der Waals surface area contributed by atoms with Gasteiger partial charge >= 0.3 is 0 Å². The lowest BCUT2D eigenvalue weighted by atomic mass is 10.1. The molecule has 0 atom stereocenters. The number of carbonyl (C=O) groups is 2. The summed E-state index contributed by atoms with van der Waals surface area (Å²) in [5.41, 5.74) is 2.16. The minimum Gasteiger partial charge on any atom is -0.495 e. The molecule has 0 spiro atoms. The molecule has 0 bridgehead atoms. The van der Waals surface area contributed by atoms with E-state index in [-0.39, 0.29) is 21.6 Å². The van der Waals surface area contributed by atoms with Gasteiger partial charge in [0.1, 0.15) is 17.2 Å². The molecule has 3 N–H and O–H groups in total. The van der Waals surface area contributed by atoms with Crippen LogP contribution in [0.5, 0.6) is 11.5 Å². The Morgan fingerprint density at radius 3 is 2.33 bits per heavy atom. The summed E-state index contributed by atoms with van der Waals surface area (Å²) in [7, 11) is 6.00. The van der Waals surface area contributed by atoms with Crippen LogP contribution in [0.2, 0.25) is 10.0 Å². The number of methoxy groups -OCH3 is 3. The SMILES string of the molecule is C=CC(=O)N/C(C=N)=C(/NCCOC)c1ncc(/C=C(/c2c(Cl)c(OC)cc(OC)c2Cl)N(C)C=O)c(C)n1. The lowest BCUT2D eigenvalue weighted by Crippen LogP contribution is -2.28. The van der Waals surface area contributed by atoms with Crippen molar-refractivity contribution < 1.29 is 23.8 Å². The topological polar surface area (TPSA) is 139 Å². The molecule has 2 amide bonds. The van der Waals surface area contributed by atoms with Gasteiger partial charge in [0.05, 0.1) is 42.3 Å². The summed E-state index contributed by atoms with van der Waals surface area (Å²) >= 11 is 13.2. The quantitative estimate of drug-likeness (QED) is 0.134. The molecule has 0 unspecified atom stereocenters. The maximum Gasteiger partial charge on any atom is 0.247 e. The van der Waals surface area contributed by atoms with E-state index >= 15 is 0 Å². The third-order valence-corrected chi connectivity index (χ3v) is 6.12. The first-order valence-electron chi connectivity index (χ1n) is 11.4. The highest BCUT2D eigenvalue weighted by Gasteiger charge is 2.23. The molecule has 2 aromatic rings. The van der Waals surface area contributed by atoms with E-state index in [4.69, 9.17) is 42.8 Å². The maximum absolute atomic E-state index is 11.9. The van der Waals surface area contributed by atoms with Crippen molar-refractivity contribution in [3.8, 4) is 11.5 Å². The molecule has 208 valence electrons. The van der Waals surface area contributed by atoms with Crippen LogP contribution in [0, 0.1) is 12.3 Å². The van der Waals surface area contributed by atoms with E-state index in [1.807, 2.05) is 0 Å². The average Bonchev–Trinajstić information content (AvgIpc) is 2.94. The van der Waals surface area contributed by atoms with Crippen LogP contribution < -0.4 is 20.1 Å². The van der Waals surface area contributed by atoms with Crippen molar-refractivity contribution >= 4 is 59.2 Å². The van der Waals surface area contributed by atoms with Crippen LogP contribution in [0.25, 0.3) is 17.5 Å². The number of nitrogens with one attached hydrogen (secondary N) is 3. The van der Waals surface area contributed by atoms with Crippen molar-refractivity contribution in [1.29, 1.82) is 5.41 Å². The summed E-state index contributed by atoms with van der Waals surface area (Å²) in [6.07, 6.45) is 5.85. The molecule has 0 saturated carbocycles. The molecular weight excluding hydrogens is 547 g/mol. The molecule has 0 fully saturated rings. The van der Waals surface area contributed by atoms with Gasteiger partial charge in [-0.15, -0.1) is 0 Å². The summed E-state index contributed by atoms with van der Waals surface area (Å²) in [5, 5.41) is 13.8. The number of hydrogen-bond donors (Lipinski definition) is 3. The number of rotatable bonds is 14. The first-order valence-corrected chi connectivity index (χ1v) is 12.2. The molecule has 1 heterocycles. The summed E-state index contributed by atoms with van der Waals surface area (Å²) in [6, 6.07) is 1.55. The van der Waals surface area contributed by atoms with E-state index in [9.17, 15) is 9.59 Å². The van der Waals surface area contributed by atoms with Crippen molar-refractivity contribution in [3.05, 3.63) is 63.3 Å². The Balaban J connectivity index is 2.73. The Morgan fingerprint density at radius 2 is 1.85 bits per heavy atom. The highest BCUT2D eigenvalue weighted by Crippen LogP contribution is 2.44. The second kappa shape index (κ2) is 14.9. The molecule has 1 aromatic heterocycles. The number of halogens is 2.